The average Bonchev–Trinajstić information content (AvgIpc) is 2.31. The number of hydrogen-bond donors (Lipinski definition) is 0. The third-order valence-electron chi connectivity index (χ3n) is 3.26. The van der Waals surface area contributed by atoms with Gasteiger partial charge in [0.2, 0.25) is 0 Å². The monoisotopic (exact) mass is 246 g/mol. The lowest BCUT2D eigenvalue weighted by molar-refractivity contribution is 0.284. The fourth-order valence-electron chi connectivity index (χ4n) is 2.15. The number of rotatable bonds is 5. The van der Waals surface area contributed by atoms with Crippen molar-refractivity contribution in [1.29, 1.82) is 0 Å². The topological polar surface area (TPSA) is 9.23 Å². The van der Waals surface area contributed by atoms with E-state index in [9.17, 15) is 0 Å². The summed E-state index contributed by atoms with van der Waals surface area (Å²) >= 11 is 0. The molecular formula is C15H22OSi. The number of terminal acetylenes is 1. The summed E-state index contributed by atoms with van der Waals surface area (Å²) in [7, 11) is -2.08. The van der Waals surface area contributed by atoms with Crippen LogP contribution in [0.25, 0.3) is 0 Å². The maximum Gasteiger partial charge on any atom is 0.276 e. The second-order valence-corrected chi connectivity index (χ2v) is 9.49. The van der Waals surface area contributed by atoms with Crippen LogP contribution in [0.3, 0.4) is 0 Å². The molecule has 0 atom stereocenters. The van der Waals surface area contributed by atoms with E-state index in [4.69, 9.17) is 10.8 Å². The van der Waals surface area contributed by atoms with E-state index in [0.29, 0.717) is 17.7 Å². The summed E-state index contributed by atoms with van der Waals surface area (Å²) in [5.74, 6) is 0. The van der Waals surface area contributed by atoms with Gasteiger partial charge >= 0.3 is 0 Å². The van der Waals surface area contributed by atoms with E-state index in [-0.39, 0.29) is 0 Å². The zero-order valence-electron chi connectivity index (χ0n) is 11.2. The Morgan fingerprint density at radius 2 is 1.65 bits per heavy atom. The van der Waals surface area contributed by atoms with Crippen LogP contribution >= 0.6 is 0 Å². The second kappa shape index (κ2) is 6.04. The molecule has 0 aliphatic carbocycles. The molecule has 0 N–H and O–H groups in total. The Labute approximate surface area is 106 Å². The zero-order chi connectivity index (χ0) is 12.9. The molecule has 0 aromatic heterocycles. The summed E-state index contributed by atoms with van der Waals surface area (Å²) < 4.78 is 6.19. The van der Waals surface area contributed by atoms with Crippen molar-refractivity contribution in [3.63, 3.8) is 0 Å². The van der Waals surface area contributed by atoms with Crippen molar-refractivity contribution in [2.75, 3.05) is 0 Å². The SMILES string of the molecule is C#C[Si](OCc1ccccc1)(C(C)C)C(C)C. The summed E-state index contributed by atoms with van der Waals surface area (Å²) in [6, 6.07) is 10.2. The first kappa shape index (κ1) is 14.0. The second-order valence-electron chi connectivity index (χ2n) is 5.02. The molecule has 0 fully saturated rings. The van der Waals surface area contributed by atoms with Crippen molar-refractivity contribution in [3.8, 4) is 12.0 Å². The zero-order valence-corrected chi connectivity index (χ0v) is 12.2. The van der Waals surface area contributed by atoms with E-state index in [2.05, 4.69) is 45.4 Å². The molecule has 1 nitrogen and oxygen atoms in total. The van der Waals surface area contributed by atoms with Gasteiger partial charge in [-0.15, -0.1) is 12.0 Å². The first-order valence-corrected chi connectivity index (χ1v) is 8.25. The molecule has 0 aliphatic heterocycles. The molecule has 0 unspecified atom stereocenters. The quantitative estimate of drug-likeness (QED) is 0.560. The van der Waals surface area contributed by atoms with Crippen molar-refractivity contribution in [3.05, 3.63) is 35.9 Å². The minimum Gasteiger partial charge on any atom is -0.400 e. The lowest BCUT2D eigenvalue weighted by atomic mass is 10.2. The highest BCUT2D eigenvalue weighted by atomic mass is 28.4. The Balaban J connectivity index is 2.79. The standard InChI is InChI=1S/C15H22OSi/c1-6-17(13(2)3,14(4)5)16-12-15-10-8-7-9-11-15/h1,7-11,13-14H,12H2,2-5H3. The maximum absolute atomic E-state index is 6.19. The van der Waals surface area contributed by atoms with Gasteiger partial charge in [-0.2, -0.15) is 0 Å². The van der Waals surface area contributed by atoms with Crippen LogP contribution < -0.4 is 0 Å². The minimum atomic E-state index is -2.08. The Kier molecular flexibility index (Phi) is 4.98. The smallest absolute Gasteiger partial charge is 0.276 e. The van der Waals surface area contributed by atoms with Crippen molar-refractivity contribution in [2.24, 2.45) is 0 Å². The highest BCUT2D eigenvalue weighted by Crippen LogP contribution is 2.33. The van der Waals surface area contributed by atoms with Gasteiger partial charge in [-0.1, -0.05) is 58.0 Å². The minimum absolute atomic E-state index is 0.441. The van der Waals surface area contributed by atoms with Gasteiger partial charge in [0.05, 0.1) is 6.61 Å². The molecule has 0 radical (unpaired) electrons. The Morgan fingerprint density at radius 3 is 2.06 bits per heavy atom. The van der Waals surface area contributed by atoms with Gasteiger partial charge in [-0.25, -0.2) is 0 Å². The van der Waals surface area contributed by atoms with Crippen molar-refractivity contribution in [2.45, 2.75) is 45.4 Å². The van der Waals surface area contributed by atoms with Crippen molar-refractivity contribution < 1.29 is 4.43 Å². The van der Waals surface area contributed by atoms with Gasteiger partial charge in [0.15, 0.2) is 0 Å². The average molecular weight is 246 g/mol. The largest absolute Gasteiger partial charge is 0.400 e. The highest BCUT2D eigenvalue weighted by molar-refractivity contribution is 6.83. The summed E-state index contributed by atoms with van der Waals surface area (Å²) in [5, 5.41) is 0. The molecule has 2 heteroatoms. The molecule has 0 amide bonds. The summed E-state index contributed by atoms with van der Waals surface area (Å²) in [5.41, 5.74) is 5.08. The molecule has 0 heterocycles. The van der Waals surface area contributed by atoms with Crippen molar-refractivity contribution in [1.82, 2.24) is 0 Å². The van der Waals surface area contributed by atoms with Gasteiger partial charge in [0, 0.05) is 0 Å². The Bertz CT molecular complexity index is 368. The van der Waals surface area contributed by atoms with Crippen LogP contribution in [-0.2, 0) is 11.0 Å². The molecule has 17 heavy (non-hydrogen) atoms. The molecule has 1 aromatic carbocycles. The third-order valence-corrected chi connectivity index (χ3v) is 7.77. The molecule has 0 aliphatic rings. The van der Waals surface area contributed by atoms with E-state index < -0.39 is 8.32 Å². The van der Waals surface area contributed by atoms with E-state index in [1.165, 1.54) is 5.56 Å². The Morgan fingerprint density at radius 1 is 1.12 bits per heavy atom. The van der Waals surface area contributed by atoms with Crippen LogP contribution in [0.15, 0.2) is 30.3 Å². The maximum atomic E-state index is 6.19. The van der Waals surface area contributed by atoms with Crippen LogP contribution in [0.5, 0.6) is 0 Å². The summed E-state index contributed by atoms with van der Waals surface area (Å²) in [6.45, 7) is 9.34. The predicted octanol–water partition coefficient (Wildman–Crippen LogP) is 4.14. The lowest BCUT2D eigenvalue weighted by Gasteiger charge is -2.33. The predicted molar refractivity (Wildman–Crippen MR) is 76.0 cm³/mol. The van der Waals surface area contributed by atoms with Gasteiger partial charge in [0.1, 0.15) is 0 Å². The molecule has 0 saturated carbocycles. The number of benzene rings is 1. The molecular weight excluding hydrogens is 224 g/mol. The van der Waals surface area contributed by atoms with Crippen LogP contribution in [0.4, 0.5) is 0 Å². The van der Waals surface area contributed by atoms with E-state index in [1.54, 1.807) is 0 Å². The van der Waals surface area contributed by atoms with E-state index in [0.717, 1.165) is 0 Å². The lowest BCUT2D eigenvalue weighted by Crippen LogP contribution is -2.43. The van der Waals surface area contributed by atoms with Gasteiger partial charge in [-0.05, 0) is 16.6 Å². The highest BCUT2D eigenvalue weighted by Gasteiger charge is 2.40. The Hall–Kier alpha value is -1.04. The molecule has 1 aromatic rings. The van der Waals surface area contributed by atoms with Gasteiger partial charge < -0.3 is 4.43 Å². The normalized spacial score (nSPS) is 11.8. The van der Waals surface area contributed by atoms with Crippen LogP contribution in [-0.4, -0.2) is 8.32 Å². The summed E-state index contributed by atoms with van der Waals surface area (Å²) in [4.78, 5) is 0. The molecule has 0 saturated heterocycles. The van der Waals surface area contributed by atoms with Crippen LogP contribution in [0.2, 0.25) is 11.1 Å². The van der Waals surface area contributed by atoms with Gasteiger partial charge in [-0.3, -0.25) is 0 Å². The van der Waals surface area contributed by atoms with Crippen molar-refractivity contribution >= 4 is 8.32 Å². The van der Waals surface area contributed by atoms with Gasteiger partial charge in [0.25, 0.3) is 8.32 Å². The third kappa shape index (κ3) is 3.21. The fraction of sp³-hybridized carbons (Fsp3) is 0.467. The van der Waals surface area contributed by atoms with Crippen LogP contribution in [0, 0.1) is 12.0 Å². The van der Waals surface area contributed by atoms with Crippen LogP contribution in [0.1, 0.15) is 33.3 Å². The molecule has 92 valence electrons. The number of hydrogen-bond acceptors (Lipinski definition) is 1. The molecule has 1 rings (SSSR count). The molecule has 0 spiro atoms. The fourth-order valence-corrected chi connectivity index (χ4v) is 5.31. The first-order valence-electron chi connectivity index (χ1n) is 6.18. The summed E-state index contributed by atoms with van der Waals surface area (Å²) in [6.07, 6.45) is 5.76. The first-order chi connectivity index (χ1) is 8.03. The molecule has 0 bridgehead atoms. The van der Waals surface area contributed by atoms with E-state index >= 15 is 0 Å². The van der Waals surface area contributed by atoms with E-state index in [1.807, 2.05) is 18.2 Å².